The maximum absolute atomic E-state index is 10.9. The van der Waals surface area contributed by atoms with Crippen LogP contribution in [-0.4, -0.2) is 24.4 Å². The summed E-state index contributed by atoms with van der Waals surface area (Å²) in [5.41, 5.74) is 0.759. The van der Waals surface area contributed by atoms with Crippen molar-refractivity contribution in [3.05, 3.63) is 10.4 Å². The highest BCUT2D eigenvalue weighted by molar-refractivity contribution is 9.26. The Morgan fingerprint density at radius 1 is 1.09 bits per heavy atom. The highest BCUT2D eigenvalue weighted by atomic mass is 79.9. The molecule has 0 spiro atoms. The Bertz CT molecular complexity index is 244. The first-order valence-corrected chi connectivity index (χ1v) is 4.48. The predicted molar refractivity (Wildman–Crippen MR) is 49.2 cm³/mol. The van der Waals surface area contributed by atoms with Gasteiger partial charge in [-0.15, -0.1) is 0 Å². The molecule has 6 heteroatoms. The van der Waals surface area contributed by atoms with E-state index in [4.69, 9.17) is 0 Å². The summed E-state index contributed by atoms with van der Waals surface area (Å²) >= 11 is 6.43. The molecule has 0 aromatic carbocycles. The van der Waals surface area contributed by atoms with Gasteiger partial charge in [-0.05, 0) is 31.9 Å². The smallest absolute Gasteiger partial charge is 0.276 e. The third-order valence-electron chi connectivity index (χ3n) is 1.65. The lowest BCUT2D eigenvalue weighted by molar-refractivity contribution is -1.05. The molecule has 1 rings (SSSR count). The van der Waals surface area contributed by atoms with E-state index in [-0.39, 0.29) is 0 Å². The van der Waals surface area contributed by atoms with Crippen LogP contribution in [0.15, 0.2) is 0 Å². The zero-order chi connectivity index (χ0) is 8.81. The van der Waals surface area contributed by atoms with Crippen molar-refractivity contribution in [1.29, 1.82) is 0 Å². The molecular weight excluding hydrogens is 280 g/mol. The van der Waals surface area contributed by atoms with Gasteiger partial charge in [0.05, 0.1) is 9.70 Å². The Kier molecular flexibility index (Phi) is 2.00. The van der Waals surface area contributed by atoms with Gasteiger partial charge in [0, 0.05) is 13.8 Å². The van der Waals surface area contributed by atoms with Gasteiger partial charge in [-0.1, -0.05) is 0 Å². The first-order chi connectivity index (χ1) is 4.89. The quantitative estimate of drug-likeness (QED) is 0.383. The second-order valence-electron chi connectivity index (χ2n) is 2.29. The molecule has 1 aliphatic rings. The van der Waals surface area contributed by atoms with Gasteiger partial charge in [-0.25, -0.2) is 0 Å². The second-order valence-corrected chi connectivity index (χ2v) is 5.73. The van der Waals surface area contributed by atoms with Gasteiger partial charge in [0.1, 0.15) is 0 Å². The zero-order valence-corrected chi connectivity index (χ0v) is 9.14. The number of alkyl halides is 2. The number of hydrogen-bond acceptors (Lipinski definition) is 2. The molecule has 62 valence electrons. The fraction of sp³-hybridized carbons (Fsp3) is 0.600. The van der Waals surface area contributed by atoms with Crippen LogP contribution in [0.5, 0.6) is 0 Å². The normalized spacial score (nSPS) is 23.3. The molecule has 0 unspecified atom stereocenters. The van der Waals surface area contributed by atoms with Crippen molar-refractivity contribution in [3.8, 4) is 0 Å². The summed E-state index contributed by atoms with van der Waals surface area (Å²) in [6, 6.07) is 0. The Balaban J connectivity index is 3.27. The van der Waals surface area contributed by atoms with Gasteiger partial charge in [-0.2, -0.15) is 0 Å². The first-order valence-electron chi connectivity index (χ1n) is 2.89. The molecule has 1 heterocycles. The lowest BCUT2D eigenvalue weighted by Crippen LogP contribution is -2.28. The highest BCUT2D eigenvalue weighted by Gasteiger charge is 2.51. The minimum Gasteiger partial charge on any atom is -0.561 e. The Labute approximate surface area is 80.6 Å². The van der Waals surface area contributed by atoms with E-state index in [1.807, 2.05) is 0 Å². The molecule has 0 atom stereocenters. The molecule has 0 fully saturated rings. The molecule has 1 aliphatic heterocycles. The zero-order valence-electron chi connectivity index (χ0n) is 5.97. The average molecular weight is 286 g/mol. The van der Waals surface area contributed by atoms with Gasteiger partial charge < -0.3 is 10.4 Å². The van der Waals surface area contributed by atoms with Crippen LogP contribution in [0.2, 0.25) is 0 Å². The molecular formula is C5H6Br2N2O2. The number of hydrazone groups is 2. The fourth-order valence-corrected chi connectivity index (χ4v) is 1.38. The van der Waals surface area contributed by atoms with Crippen molar-refractivity contribution in [1.82, 2.24) is 0 Å². The van der Waals surface area contributed by atoms with Crippen molar-refractivity contribution in [3.63, 3.8) is 0 Å². The van der Waals surface area contributed by atoms with Crippen LogP contribution in [0.25, 0.3) is 0 Å². The molecule has 0 amide bonds. The minimum atomic E-state index is -0.760. The van der Waals surface area contributed by atoms with E-state index in [0.717, 1.165) is 0 Å². The number of nitrogens with zero attached hydrogens (tertiary/aromatic N) is 2. The Morgan fingerprint density at radius 3 is 1.45 bits per heavy atom. The number of rotatable bonds is 0. The fourth-order valence-electron chi connectivity index (χ4n) is 0.775. The SMILES string of the molecule is CC1=[N+]([O-])[N+]([O-])=C(C)C1(Br)Br. The van der Waals surface area contributed by atoms with Crippen LogP contribution in [0.3, 0.4) is 0 Å². The largest absolute Gasteiger partial charge is 0.561 e. The van der Waals surface area contributed by atoms with E-state index in [2.05, 4.69) is 31.9 Å². The van der Waals surface area contributed by atoms with E-state index >= 15 is 0 Å². The standard InChI is InChI=1S/C5H6Br2N2O2/c1-3-5(6,7)4(2)9(11)8(3)10/h1-2H3. The molecule has 11 heavy (non-hydrogen) atoms. The topological polar surface area (TPSA) is 52.1 Å². The third-order valence-corrected chi connectivity index (χ3v) is 3.94. The summed E-state index contributed by atoms with van der Waals surface area (Å²) in [6.45, 7) is 3.16. The number of halogens is 2. The minimum absolute atomic E-state index is 0.304. The Hall–Kier alpha value is -0.100. The maximum atomic E-state index is 10.9. The molecule has 0 saturated heterocycles. The van der Waals surface area contributed by atoms with Gasteiger partial charge in [-0.3, -0.25) is 0 Å². The molecule has 0 aromatic heterocycles. The van der Waals surface area contributed by atoms with Crippen LogP contribution in [0.1, 0.15) is 13.8 Å². The van der Waals surface area contributed by atoms with Crippen molar-refractivity contribution >= 4 is 43.3 Å². The van der Waals surface area contributed by atoms with Gasteiger partial charge in [0.15, 0.2) is 0 Å². The predicted octanol–water partition coefficient (Wildman–Crippen LogP) is 1.34. The lowest BCUT2D eigenvalue weighted by atomic mass is 10.2. The molecule has 4 nitrogen and oxygen atoms in total. The van der Waals surface area contributed by atoms with E-state index in [9.17, 15) is 10.4 Å². The lowest BCUT2D eigenvalue weighted by Gasteiger charge is -2.01. The highest BCUT2D eigenvalue weighted by Crippen LogP contribution is 2.32. The molecule has 0 bridgehead atoms. The van der Waals surface area contributed by atoms with Gasteiger partial charge >= 0.3 is 0 Å². The van der Waals surface area contributed by atoms with Crippen LogP contribution < -0.4 is 0 Å². The monoisotopic (exact) mass is 284 g/mol. The van der Waals surface area contributed by atoms with Crippen LogP contribution in [0.4, 0.5) is 0 Å². The Morgan fingerprint density at radius 2 is 1.36 bits per heavy atom. The molecule has 0 N–H and O–H groups in total. The number of hydrazine groups is 1. The summed E-state index contributed by atoms with van der Waals surface area (Å²) in [7, 11) is 0. The van der Waals surface area contributed by atoms with E-state index in [0.29, 0.717) is 21.1 Å². The van der Waals surface area contributed by atoms with Gasteiger partial charge in [0.2, 0.25) is 0 Å². The van der Waals surface area contributed by atoms with E-state index in [1.165, 1.54) is 0 Å². The van der Waals surface area contributed by atoms with Crippen LogP contribution in [-0.2, 0) is 0 Å². The summed E-state index contributed by atoms with van der Waals surface area (Å²) in [5.74, 6) is 0. The van der Waals surface area contributed by atoms with Gasteiger partial charge in [0.25, 0.3) is 14.7 Å². The van der Waals surface area contributed by atoms with E-state index in [1.54, 1.807) is 13.8 Å². The van der Waals surface area contributed by atoms with Crippen molar-refractivity contribution in [2.75, 3.05) is 0 Å². The molecule has 0 aliphatic carbocycles. The van der Waals surface area contributed by atoms with E-state index < -0.39 is 3.23 Å². The van der Waals surface area contributed by atoms with Crippen molar-refractivity contribution in [2.24, 2.45) is 0 Å². The summed E-state index contributed by atoms with van der Waals surface area (Å²) in [5, 5.41) is 21.9. The molecule has 0 aromatic rings. The van der Waals surface area contributed by atoms with Crippen LogP contribution in [0, 0.1) is 10.4 Å². The summed E-state index contributed by atoms with van der Waals surface area (Å²) in [6.07, 6.45) is 0. The number of hydrogen-bond donors (Lipinski definition) is 0. The van der Waals surface area contributed by atoms with Crippen molar-refractivity contribution in [2.45, 2.75) is 17.1 Å². The molecule has 0 radical (unpaired) electrons. The molecule has 0 saturated carbocycles. The average Bonchev–Trinajstić information content (AvgIpc) is 2.06. The second kappa shape index (κ2) is 2.45. The third kappa shape index (κ3) is 1.08. The maximum Gasteiger partial charge on any atom is 0.276 e. The van der Waals surface area contributed by atoms with Crippen molar-refractivity contribution < 1.29 is 9.70 Å². The first kappa shape index (κ1) is 8.99. The summed E-state index contributed by atoms with van der Waals surface area (Å²) in [4.78, 5) is 0.609. The summed E-state index contributed by atoms with van der Waals surface area (Å²) < 4.78 is -0.760. The van der Waals surface area contributed by atoms with Crippen LogP contribution >= 0.6 is 31.9 Å².